The van der Waals surface area contributed by atoms with Gasteiger partial charge in [0.25, 0.3) is 0 Å². The van der Waals surface area contributed by atoms with E-state index in [4.69, 9.17) is 9.83 Å². The molecule has 0 saturated heterocycles. The fraction of sp³-hybridized carbons (Fsp3) is 0.500. The molecular formula is C14H18N2O. The Morgan fingerprint density at radius 3 is 2.71 bits per heavy atom. The molecule has 0 unspecified atom stereocenters. The summed E-state index contributed by atoms with van der Waals surface area (Å²) >= 11 is 0. The van der Waals surface area contributed by atoms with E-state index in [1.807, 2.05) is 12.1 Å². The Labute approximate surface area is 102 Å². The van der Waals surface area contributed by atoms with Crippen molar-refractivity contribution >= 4 is 5.84 Å². The molecule has 1 aromatic rings. The van der Waals surface area contributed by atoms with E-state index in [-0.39, 0.29) is 5.72 Å². The molecule has 1 aliphatic carbocycles. The van der Waals surface area contributed by atoms with E-state index in [0.29, 0.717) is 0 Å². The number of nitrogens with zero attached hydrogens (tertiary/aromatic N) is 1. The highest BCUT2D eigenvalue weighted by Crippen LogP contribution is 2.35. The van der Waals surface area contributed by atoms with Crippen LogP contribution in [0.2, 0.25) is 0 Å². The SMILES string of the molecule is Cc1ccccc1C1=NC2(CCCCC2)ON1. The van der Waals surface area contributed by atoms with Crippen molar-refractivity contribution in [3.05, 3.63) is 35.4 Å². The number of amidine groups is 1. The Hall–Kier alpha value is -1.35. The number of rotatable bonds is 1. The van der Waals surface area contributed by atoms with Crippen LogP contribution in [0.15, 0.2) is 29.3 Å². The minimum atomic E-state index is -0.282. The van der Waals surface area contributed by atoms with Crippen LogP contribution in [0.25, 0.3) is 0 Å². The highest BCUT2D eigenvalue weighted by molar-refractivity contribution is 6.00. The number of benzene rings is 1. The van der Waals surface area contributed by atoms with Gasteiger partial charge in [-0.25, -0.2) is 15.3 Å². The van der Waals surface area contributed by atoms with Gasteiger partial charge in [-0.1, -0.05) is 30.7 Å². The van der Waals surface area contributed by atoms with Gasteiger partial charge >= 0.3 is 0 Å². The first-order valence-corrected chi connectivity index (χ1v) is 6.39. The molecule has 0 atom stereocenters. The quantitative estimate of drug-likeness (QED) is 0.804. The number of aliphatic imine (C=N–C) groups is 1. The summed E-state index contributed by atoms with van der Waals surface area (Å²) < 4.78 is 0. The third-order valence-electron chi connectivity index (χ3n) is 3.69. The molecular weight excluding hydrogens is 212 g/mol. The standard InChI is InChI=1S/C14H18N2O/c1-11-7-3-4-8-12(11)13-15-14(17-16-13)9-5-2-6-10-14/h3-4,7-8H,2,5-6,9-10H2,1H3,(H,15,16). The number of hydroxylamine groups is 1. The van der Waals surface area contributed by atoms with Gasteiger partial charge in [-0.05, 0) is 38.2 Å². The predicted molar refractivity (Wildman–Crippen MR) is 67.8 cm³/mol. The van der Waals surface area contributed by atoms with Gasteiger partial charge in [-0.15, -0.1) is 0 Å². The Morgan fingerprint density at radius 2 is 1.94 bits per heavy atom. The maximum atomic E-state index is 5.75. The van der Waals surface area contributed by atoms with Crippen LogP contribution in [0, 0.1) is 6.92 Å². The number of hydrogen-bond acceptors (Lipinski definition) is 3. The zero-order valence-corrected chi connectivity index (χ0v) is 10.2. The van der Waals surface area contributed by atoms with Crippen molar-refractivity contribution in [1.82, 2.24) is 5.48 Å². The van der Waals surface area contributed by atoms with Crippen LogP contribution in [-0.4, -0.2) is 11.6 Å². The van der Waals surface area contributed by atoms with Crippen molar-refractivity contribution in [3.8, 4) is 0 Å². The molecule has 90 valence electrons. The van der Waals surface area contributed by atoms with Gasteiger partial charge < -0.3 is 0 Å². The normalized spacial score (nSPS) is 22.3. The maximum absolute atomic E-state index is 5.75. The van der Waals surface area contributed by atoms with Gasteiger partial charge in [0.2, 0.25) is 0 Å². The van der Waals surface area contributed by atoms with Crippen LogP contribution < -0.4 is 5.48 Å². The van der Waals surface area contributed by atoms with E-state index in [1.54, 1.807) is 0 Å². The lowest BCUT2D eigenvalue weighted by molar-refractivity contribution is -0.0763. The zero-order valence-electron chi connectivity index (χ0n) is 10.2. The second-order valence-corrected chi connectivity index (χ2v) is 4.99. The van der Waals surface area contributed by atoms with E-state index in [9.17, 15) is 0 Å². The van der Waals surface area contributed by atoms with Crippen LogP contribution >= 0.6 is 0 Å². The summed E-state index contributed by atoms with van der Waals surface area (Å²) in [5.41, 5.74) is 5.12. The van der Waals surface area contributed by atoms with E-state index in [0.717, 1.165) is 24.2 Å². The minimum Gasteiger partial charge on any atom is -0.246 e. The monoisotopic (exact) mass is 230 g/mol. The van der Waals surface area contributed by atoms with E-state index in [1.165, 1.54) is 24.8 Å². The molecule has 3 nitrogen and oxygen atoms in total. The van der Waals surface area contributed by atoms with E-state index in [2.05, 4.69) is 24.5 Å². The van der Waals surface area contributed by atoms with Crippen LogP contribution in [0.1, 0.15) is 43.2 Å². The van der Waals surface area contributed by atoms with Gasteiger partial charge in [0.15, 0.2) is 11.6 Å². The van der Waals surface area contributed by atoms with Crippen molar-refractivity contribution in [1.29, 1.82) is 0 Å². The smallest absolute Gasteiger partial charge is 0.187 e. The molecule has 1 aliphatic heterocycles. The Bertz CT molecular complexity index is 447. The Kier molecular flexibility index (Phi) is 2.63. The van der Waals surface area contributed by atoms with Crippen molar-refractivity contribution in [2.75, 3.05) is 0 Å². The molecule has 1 spiro atoms. The van der Waals surface area contributed by atoms with E-state index < -0.39 is 0 Å². The summed E-state index contributed by atoms with van der Waals surface area (Å²) in [6.45, 7) is 2.10. The lowest BCUT2D eigenvalue weighted by atomic mass is 9.92. The molecule has 17 heavy (non-hydrogen) atoms. The van der Waals surface area contributed by atoms with Crippen molar-refractivity contribution in [2.45, 2.75) is 44.8 Å². The fourth-order valence-corrected chi connectivity index (χ4v) is 2.66. The molecule has 1 N–H and O–H groups in total. The zero-order chi connectivity index (χ0) is 11.7. The van der Waals surface area contributed by atoms with Gasteiger partial charge in [0.05, 0.1) is 0 Å². The lowest BCUT2D eigenvalue weighted by Gasteiger charge is -2.27. The molecule has 1 saturated carbocycles. The molecule has 0 amide bonds. The second-order valence-electron chi connectivity index (χ2n) is 4.99. The molecule has 0 aromatic heterocycles. The van der Waals surface area contributed by atoms with E-state index >= 15 is 0 Å². The molecule has 2 aliphatic rings. The third kappa shape index (κ3) is 1.95. The summed E-state index contributed by atoms with van der Waals surface area (Å²) in [6.07, 6.45) is 5.81. The second kappa shape index (κ2) is 4.15. The van der Waals surface area contributed by atoms with Gasteiger partial charge in [0.1, 0.15) is 0 Å². The first-order valence-electron chi connectivity index (χ1n) is 6.39. The maximum Gasteiger partial charge on any atom is 0.187 e. The molecule has 1 heterocycles. The fourth-order valence-electron chi connectivity index (χ4n) is 2.66. The largest absolute Gasteiger partial charge is 0.246 e. The molecule has 1 fully saturated rings. The summed E-state index contributed by atoms with van der Waals surface area (Å²) in [5.74, 6) is 0.894. The van der Waals surface area contributed by atoms with Crippen LogP contribution in [0.5, 0.6) is 0 Å². The third-order valence-corrected chi connectivity index (χ3v) is 3.69. The lowest BCUT2D eigenvalue weighted by Crippen LogP contribution is -2.32. The van der Waals surface area contributed by atoms with Crippen LogP contribution in [0.4, 0.5) is 0 Å². The number of hydrogen-bond donors (Lipinski definition) is 1. The van der Waals surface area contributed by atoms with Gasteiger partial charge in [0, 0.05) is 5.56 Å². The first-order chi connectivity index (χ1) is 8.29. The molecule has 0 radical (unpaired) electrons. The average molecular weight is 230 g/mol. The predicted octanol–water partition coefficient (Wildman–Crippen LogP) is 2.94. The topological polar surface area (TPSA) is 33.6 Å². The average Bonchev–Trinajstić information content (AvgIpc) is 2.74. The van der Waals surface area contributed by atoms with Crippen molar-refractivity contribution in [3.63, 3.8) is 0 Å². The summed E-state index contributed by atoms with van der Waals surface area (Å²) in [7, 11) is 0. The molecule has 3 heteroatoms. The van der Waals surface area contributed by atoms with Gasteiger partial charge in [-0.2, -0.15) is 0 Å². The minimum absolute atomic E-state index is 0.282. The first kappa shape index (κ1) is 10.8. The molecule has 3 rings (SSSR count). The highest BCUT2D eigenvalue weighted by atomic mass is 16.7. The Balaban J connectivity index is 1.90. The van der Waals surface area contributed by atoms with Crippen molar-refractivity contribution in [2.24, 2.45) is 4.99 Å². The molecule has 1 aromatic carbocycles. The number of aryl methyl sites for hydroxylation is 1. The summed E-state index contributed by atoms with van der Waals surface area (Å²) in [4.78, 5) is 10.5. The van der Waals surface area contributed by atoms with Crippen molar-refractivity contribution < 1.29 is 4.84 Å². The van der Waals surface area contributed by atoms with Crippen LogP contribution in [-0.2, 0) is 4.84 Å². The Morgan fingerprint density at radius 1 is 1.18 bits per heavy atom. The van der Waals surface area contributed by atoms with Crippen LogP contribution in [0.3, 0.4) is 0 Å². The highest BCUT2D eigenvalue weighted by Gasteiger charge is 2.38. The molecule has 0 bridgehead atoms. The summed E-state index contributed by atoms with van der Waals surface area (Å²) in [5, 5.41) is 0. The number of nitrogens with one attached hydrogen (secondary N) is 1. The summed E-state index contributed by atoms with van der Waals surface area (Å²) in [6, 6.07) is 8.28. The van der Waals surface area contributed by atoms with Gasteiger partial charge in [-0.3, -0.25) is 0 Å².